The van der Waals surface area contributed by atoms with E-state index in [4.69, 9.17) is 11.6 Å². The Balaban J connectivity index is 2.17. The molecule has 0 radical (unpaired) electrons. The molecule has 1 aromatic heterocycles. The van der Waals surface area contributed by atoms with Crippen LogP contribution in [0.2, 0.25) is 4.47 Å². The molecular formula is C9H13ClN2S. The molecule has 1 aliphatic rings. The molecule has 0 amide bonds. The number of halogens is 1. The van der Waals surface area contributed by atoms with Crippen molar-refractivity contribution in [1.29, 1.82) is 0 Å². The summed E-state index contributed by atoms with van der Waals surface area (Å²) < 4.78 is 0.641. The van der Waals surface area contributed by atoms with E-state index >= 15 is 0 Å². The van der Waals surface area contributed by atoms with Gasteiger partial charge in [0, 0.05) is 18.0 Å². The summed E-state index contributed by atoms with van der Waals surface area (Å²) in [6.45, 7) is 5.64. The second kappa shape index (κ2) is 3.46. The smallest absolute Gasteiger partial charge is 0.185 e. The molecule has 0 N–H and O–H groups in total. The van der Waals surface area contributed by atoms with Gasteiger partial charge in [-0.2, -0.15) is 0 Å². The van der Waals surface area contributed by atoms with Gasteiger partial charge in [-0.3, -0.25) is 0 Å². The molecule has 0 saturated carbocycles. The fourth-order valence-electron chi connectivity index (χ4n) is 2.00. The van der Waals surface area contributed by atoms with Gasteiger partial charge in [-0.25, -0.2) is 4.98 Å². The summed E-state index contributed by atoms with van der Waals surface area (Å²) in [5, 5.41) is 2.04. The van der Waals surface area contributed by atoms with E-state index in [2.05, 4.69) is 23.7 Å². The van der Waals surface area contributed by atoms with Crippen molar-refractivity contribution < 1.29 is 0 Å². The lowest BCUT2D eigenvalue weighted by Crippen LogP contribution is -2.26. The molecule has 13 heavy (non-hydrogen) atoms. The third-order valence-corrected chi connectivity index (χ3v) is 3.51. The lowest BCUT2D eigenvalue weighted by Gasteiger charge is -2.20. The highest BCUT2D eigenvalue weighted by Gasteiger charge is 2.27. The van der Waals surface area contributed by atoms with Gasteiger partial charge in [-0.15, -0.1) is 11.3 Å². The molecule has 1 fully saturated rings. The predicted octanol–water partition coefficient (Wildman–Crippen LogP) is 3.03. The Labute approximate surface area is 87.5 Å². The minimum Gasteiger partial charge on any atom is -0.353 e. The fraction of sp³-hybridized carbons (Fsp3) is 0.667. The highest BCUT2D eigenvalue weighted by molar-refractivity contribution is 7.14. The number of anilines is 1. The minimum absolute atomic E-state index is 0.605. The quantitative estimate of drug-likeness (QED) is 0.718. The third kappa shape index (κ3) is 1.81. The molecule has 2 atom stereocenters. The van der Waals surface area contributed by atoms with Crippen molar-refractivity contribution in [2.75, 3.05) is 11.4 Å². The van der Waals surface area contributed by atoms with Gasteiger partial charge in [0.25, 0.3) is 0 Å². The summed E-state index contributed by atoms with van der Waals surface area (Å²) >= 11 is 7.31. The van der Waals surface area contributed by atoms with Gasteiger partial charge in [0.05, 0.1) is 0 Å². The van der Waals surface area contributed by atoms with Crippen LogP contribution in [0.5, 0.6) is 0 Å². The number of aromatic nitrogens is 1. The summed E-state index contributed by atoms with van der Waals surface area (Å²) in [7, 11) is 0. The molecule has 2 rings (SSSR count). The van der Waals surface area contributed by atoms with Crippen LogP contribution in [0.25, 0.3) is 0 Å². The van der Waals surface area contributed by atoms with Crippen molar-refractivity contribution in [2.45, 2.75) is 26.3 Å². The van der Waals surface area contributed by atoms with Crippen LogP contribution in [0, 0.1) is 5.92 Å². The first kappa shape index (κ1) is 9.28. The van der Waals surface area contributed by atoms with E-state index < -0.39 is 0 Å². The lowest BCUT2D eigenvalue weighted by molar-refractivity contribution is 0.625. The summed E-state index contributed by atoms with van der Waals surface area (Å²) in [4.78, 5) is 6.63. The third-order valence-electron chi connectivity index (χ3n) is 2.54. The first-order chi connectivity index (χ1) is 6.16. The molecule has 0 spiro atoms. The monoisotopic (exact) mass is 216 g/mol. The summed E-state index contributed by atoms with van der Waals surface area (Å²) in [5.74, 6) is 1.82. The Morgan fingerprint density at radius 2 is 2.38 bits per heavy atom. The maximum Gasteiger partial charge on any atom is 0.185 e. The molecule has 0 aliphatic carbocycles. The van der Waals surface area contributed by atoms with Crippen LogP contribution in [-0.4, -0.2) is 17.6 Å². The van der Waals surface area contributed by atoms with Crippen molar-refractivity contribution in [3.63, 3.8) is 0 Å². The second-order valence-electron chi connectivity index (χ2n) is 3.80. The molecule has 1 saturated heterocycles. The Morgan fingerprint density at radius 3 is 2.85 bits per heavy atom. The molecule has 2 heterocycles. The van der Waals surface area contributed by atoms with E-state index in [1.165, 1.54) is 17.8 Å². The Hall–Kier alpha value is -0.280. The van der Waals surface area contributed by atoms with Crippen LogP contribution < -0.4 is 4.90 Å². The van der Waals surface area contributed by atoms with Gasteiger partial charge >= 0.3 is 0 Å². The van der Waals surface area contributed by atoms with Crippen LogP contribution >= 0.6 is 22.9 Å². The summed E-state index contributed by atoms with van der Waals surface area (Å²) in [6.07, 6.45) is 1.26. The Morgan fingerprint density at radius 1 is 1.62 bits per heavy atom. The SMILES string of the molecule is CC1CC(C)N(c2csc(Cl)n2)C1. The number of nitrogens with zero attached hydrogens (tertiary/aromatic N) is 2. The Bertz CT molecular complexity index is 300. The maximum atomic E-state index is 5.80. The zero-order valence-corrected chi connectivity index (χ0v) is 9.40. The van der Waals surface area contributed by atoms with Crippen molar-refractivity contribution in [1.82, 2.24) is 4.98 Å². The van der Waals surface area contributed by atoms with E-state index in [1.54, 1.807) is 0 Å². The first-order valence-corrected chi connectivity index (χ1v) is 5.80. The molecule has 0 aromatic carbocycles. The molecular weight excluding hydrogens is 204 g/mol. The van der Waals surface area contributed by atoms with Crippen molar-refractivity contribution in [3.05, 3.63) is 9.85 Å². The fourth-order valence-corrected chi connectivity index (χ4v) is 2.75. The molecule has 1 aliphatic heterocycles. The zero-order valence-electron chi connectivity index (χ0n) is 7.83. The van der Waals surface area contributed by atoms with Gasteiger partial charge in [0.15, 0.2) is 4.47 Å². The van der Waals surface area contributed by atoms with Gasteiger partial charge in [-0.05, 0) is 19.3 Å². The number of hydrogen-bond acceptors (Lipinski definition) is 3. The normalized spacial score (nSPS) is 28.4. The maximum absolute atomic E-state index is 5.80. The zero-order chi connectivity index (χ0) is 9.42. The first-order valence-electron chi connectivity index (χ1n) is 4.54. The van der Waals surface area contributed by atoms with Gasteiger partial charge in [0.2, 0.25) is 0 Å². The average molecular weight is 217 g/mol. The van der Waals surface area contributed by atoms with Gasteiger partial charge in [0.1, 0.15) is 5.82 Å². The van der Waals surface area contributed by atoms with Crippen molar-refractivity contribution in [3.8, 4) is 0 Å². The molecule has 72 valence electrons. The topological polar surface area (TPSA) is 16.1 Å². The summed E-state index contributed by atoms with van der Waals surface area (Å²) in [6, 6.07) is 0.605. The van der Waals surface area contributed by atoms with E-state index in [9.17, 15) is 0 Å². The molecule has 0 bridgehead atoms. The number of rotatable bonds is 1. The highest BCUT2D eigenvalue weighted by atomic mass is 35.5. The second-order valence-corrected chi connectivity index (χ2v) is 5.24. The predicted molar refractivity (Wildman–Crippen MR) is 57.7 cm³/mol. The van der Waals surface area contributed by atoms with E-state index in [1.807, 2.05) is 5.38 Å². The molecule has 4 heteroatoms. The van der Waals surface area contributed by atoms with Crippen LogP contribution in [0.3, 0.4) is 0 Å². The molecule has 1 aromatic rings. The van der Waals surface area contributed by atoms with Crippen LogP contribution in [0.1, 0.15) is 20.3 Å². The van der Waals surface area contributed by atoms with Crippen LogP contribution in [0.4, 0.5) is 5.82 Å². The van der Waals surface area contributed by atoms with Gasteiger partial charge in [-0.1, -0.05) is 18.5 Å². The van der Waals surface area contributed by atoms with Crippen molar-refractivity contribution in [2.24, 2.45) is 5.92 Å². The molecule has 2 unspecified atom stereocenters. The average Bonchev–Trinajstić information content (AvgIpc) is 2.58. The van der Waals surface area contributed by atoms with Crippen LogP contribution in [0.15, 0.2) is 5.38 Å². The van der Waals surface area contributed by atoms with E-state index in [0.717, 1.165) is 18.3 Å². The van der Waals surface area contributed by atoms with E-state index in [-0.39, 0.29) is 0 Å². The van der Waals surface area contributed by atoms with Crippen molar-refractivity contribution >= 4 is 28.8 Å². The number of thiazole rings is 1. The molecule has 2 nitrogen and oxygen atoms in total. The minimum atomic E-state index is 0.605. The highest BCUT2D eigenvalue weighted by Crippen LogP contribution is 2.30. The largest absolute Gasteiger partial charge is 0.353 e. The summed E-state index contributed by atoms with van der Waals surface area (Å²) in [5.41, 5.74) is 0. The van der Waals surface area contributed by atoms with Gasteiger partial charge < -0.3 is 4.90 Å². The van der Waals surface area contributed by atoms with E-state index in [0.29, 0.717) is 10.5 Å². The standard InChI is InChI=1S/C9H13ClN2S/c1-6-3-7(2)12(4-6)8-5-13-9(10)11-8/h5-7H,3-4H2,1-2H3. The number of hydrogen-bond donors (Lipinski definition) is 0. The Kier molecular flexibility index (Phi) is 2.47. The van der Waals surface area contributed by atoms with Crippen LogP contribution in [-0.2, 0) is 0 Å². The lowest BCUT2D eigenvalue weighted by atomic mass is 10.1.